The molecular formula is C12H22N4S. The molecule has 0 aliphatic rings. The monoisotopic (exact) mass is 254 g/mol. The summed E-state index contributed by atoms with van der Waals surface area (Å²) in [7, 11) is 0. The molecule has 1 heterocycles. The fourth-order valence-electron chi connectivity index (χ4n) is 1.68. The van der Waals surface area contributed by atoms with E-state index in [4.69, 9.17) is 12.2 Å². The number of rotatable bonds is 6. The zero-order valence-corrected chi connectivity index (χ0v) is 11.7. The maximum Gasteiger partial charge on any atom is 0.166 e. The Morgan fingerprint density at radius 3 is 2.94 bits per heavy atom. The highest BCUT2D eigenvalue weighted by molar-refractivity contribution is 7.80. The Morgan fingerprint density at radius 1 is 1.53 bits per heavy atom. The molecule has 0 aliphatic carbocycles. The van der Waals surface area contributed by atoms with Gasteiger partial charge in [0.1, 0.15) is 0 Å². The number of hydrogen-bond acceptors (Lipinski definition) is 2. The number of aryl methyl sites for hydroxylation is 1. The lowest BCUT2D eigenvalue weighted by molar-refractivity contribution is 0.563. The highest BCUT2D eigenvalue weighted by Gasteiger charge is 2.10. The highest BCUT2D eigenvalue weighted by Crippen LogP contribution is 2.10. The van der Waals surface area contributed by atoms with E-state index in [0.717, 1.165) is 30.3 Å². The van der Waals surface area contributed by atoms with Gasteiger partial charge in [-0.15, -0.1) is 0 Å². The molecule has 1 aromatic heterocycles. The lowest BCUT2D eigenvalue weighted by Gasteiger charge is -2.17. The van der Waals surface area contributed by atoms with Gasteiger partial charge in [-0.2, -0.15) is 5.10 Å². The smallest absolute Gasteiger partial charge is 0.166 e. The first-order valence-corrected chi connectivity index (χ1v) is 6.65. The predicted molar refractivity (Wildman–Crippen MR) is 75.0 cm³/mol. The van der Waals surface area contributed by atoms with Gasteiger partial charge in [-0.1, -0.05) is 13.3 Å². The third-order valence-electron chi connectivity index (χ3n) is 2.66. The summed E-state index contributed by atoms with van der Waals surface area (Å²) in [5.74, 6) is 0. The molecule has 2 N–H and O–H groups in total. The van der Waals surface area contributed by atoms with Crippen molar-refractivity contribution in [3.8, 4) is 0 Å². The van der Waals surface area contributed by atoms with Crippen molar-refractivity contribution >= 4 is 17.3 Å². The molecular weight excluding hydrogens is 232 g/mol. The molecule has 17 heavy (non-hydrogen) atoms. The number of aromatic nitrogens is 2. The first-order valence-electron chi connectivity index (χ1n) is 6.25. The van der Waals surface area contributed by atoms with Crippen LogP contribution in [0.5, 0.6) is 0 Å². The number of nitrogens with one attached hydrogen (secondary N) is 2. The minimum absolute atomic E-state index is 0.180. The van der Waals surface area contributed by atoms with E-state index in [1.807, 2.05) is 16.9 Å². The molecule has 0 saturated heterocycles. The maximum atomic E-state index is 5.25. The summed E-state index contributed by atoms with van der Waals surface area (Å²) in [6.45, 7) is 8.16. The van der Waals surface area contributed by atoms with Crippen LogP contribution in [0.2, 0.25) is 0 Å². The lowest BCUT2D eigenvalue weighted by atomic mass is 10.2. The normalized spacial score (nSPS) is 12.2. The van der Waals surface area contributed by atoms with Crippen LogP contribution < -0.4 is 10.6 Å². The van der Waals surface area contributed by atoms with Crippen molar-refractivity contribution in [2.75, 3.05) is 6.54 Å². The molecule has 0 aromatic carbocycles. The summed E-state index contributed by atoms with van der Waals surface area (Å²) in [6, 6.07) is 2.20. The van der Waals surface area contributed by atoms with Crippen LogP contribution in [0.1, 0.15) is 45.3 Å². The van der Waals surface area contributed by atoms with Crippen molar-refractivity contribution in [3.05, 3.63) is 18.0 Å². The molecule has 1 rings (SSSR count). The molecule has 96 valence electrons. The average molecular weight is 254 g/mol. The zero-order valence-electron chi connectivity index (χ0n) is 10.9. The number of thiocarbonyl (C=S) groups is 1. The van der Waals surface area contributed by atoms with Gasteiger partial charge in [0.2, 0.25) is 0 Å². The molecule has 0 saturated carbocycles. The summed E-state index contributed by atoms with van der Waals surface area (Å²) in [6.07, 6.45) is 4.14. The van der Waals surface area contributed by atoms with Gasteiger partial charge < -0.3 is 10.6 Å². The minimum Gasteiger partial charge on any atom is -0.363 e. The minimum atomic E-state index is 0.180. The van der Waals surface area contributed by atoms with Crippen molar-refractivity contribution in [2.45, 2.75) is 46.2 Å². The van der Waals surface area contributed by atoms with E-state index in [9.17, 15) is 0 Å². The molecule has 1 atom stereocenters. The summed E-state index contributed by atoms with van der Waals surface area (Å²) in [5.41, 5.74) is 1.16. The molecule has 5 heteroatoms. The Hall–Kier alpha value is -1.10. The Kier molecular flexibility index (Phi) is 5.97. The van der Waals surface area contributed by atoms with Crippen LogP contribution in [-0.4, -0.2) is 21.4 Å². The molecule has 0 bridgehead atoms. The quantitative estimate of drug-likeness (QED) is 0.603. The third kappa shape index (κ3) is 4.34. The van der Waals surface area contributed by atoms with Crippen molar-refractivity contribution in [2.24, 2.45) is 0 Å². The Morgan fingerprint density at radius 2 is 2.29 bits per heavy atom. The van der Waals surface area contributed by atoms with E-state index in [1.165, 1.54) is 6.42 Å². The number of unbranched alkanes of at least 4 members (excludes halogenated alkanes) is 1. The van der Waals surface area contributed by atoms with E-state index in [1.54, 1.807) is 0 Å². The Bertz CT molecular complexity index is 348. The van der Waals surface area contributed by atoms with Crippen LogP contribution in [0.4, 0.5) is 0 Å². The van der Waals surface area contributed by atoms with Crippen LogP contribution in [0.25, 0.3) is 0 Å². The van der Waals surface area contributed by atoms with E-state index in [0.29, 0.717) is 0 Å². The molecule has 0 aliphatic heterocycles. The van der Waals surface area contributed by atoms with Crippen LogP contribution >= 0.6 is 12.2 Å². The van der Waals surface area contributed by atoms with E-state index >= 15 is 0 Å². The van der Waals surface area contributed by atoms with E-state index in [2.05, 4.69) is 36.5 Å². The maximum absolute atomic E-state index is 5.25. The van der Waals surface area contributed by atoms with Crippen molar-refractivity contribution < 1.29 is 0 Å². The molecule has 0 amide bonds. The second kappa shape index (κ2) is 7.27. The second-order valence-corrected chi connectivity index (χ2v) is 4.46. The van der Waals surface area contributed by atoms with Crippen LogP contribution in [0.3, 0.4) is 0 Å². The molecule has 1 aromatic rings. The highest BCUT2D eigenvalue weighted by atomic mass is 32.1. The molecule has 0 fully saturated rings. The van der Waals surface area contributed by atoms with Crippen LogP contribution in [0.15, 0.2) is 12.3 Å². The lowest BCUT2D eigenvalue weighted by Crippen LogP contribution is -2.37. The molecule has 4 nitrogen and oxygen atoms in total. The average Bonchev–Trinajstić information content (AvgIpc) is 2.77. The van der Waals surface area contributed by atoms with Gasteiger partial charge in [-0.05, 0) is 38.6 Å². The molecule has 0 radical (unpaired) electrons. The SMILES string of the molecule is CCCCNC(=S)NC(C)c1ccnn1CC. The zero-order chi connectivity index (χ0) is 12.7. The second-order valence-electron chi connectivity index (χ2n) is 4.05. The fraction of sp³-hybridized carbons (Fsp3) is 0.667. The van der Waals surface area contributed by atoms with Crippen molar-refractivity contribution in [3.63, 3.8) is 0 Å². The predicted octanol–water partition coefficient (Wildman–Crippen LogP) is 2.23. The van der Waals surface area contributed by atoms with Gasteiger partial charge in [0.05, 0.1) is 11.7 Å². The van der Waals surface area contributed by atoms with Gasteiger partial charge in [-0.3, -0.25) is 4.68 Å². The first kappa shape index (κ1) is 14.0. The van der Waals surface area contributed by atoms with Gasteiger partial charge in [0.25, 0.3) is 0 Å². The summed E-state index contributed by atoms with van der Waals surface area (Å²) in [4.78, 5) is 0. The van der Waals surface area contributed by atoms with E-state index < -0.39 is 0 Å². The van der Waals surface area contributed by atoms with Gasteiger partial charge in [0.15, 0.2) is 5.11 Å². The van der Waals surface area contributed by atoms with Crippen LogP contribution in [-0.2, 0) is 6.54 Å². The van der Waals surface area contributed by atoms with Crippen LogP contribution in [0, 0.1) is 0 Å². The largest absolute Gasteiger partial charge is 0.363 e. The topological polar surface area (TPSA) is 41.9 Å². The third-order valence-corrected chi connectivity index (χ3v) is 2.92. The van der Waals surface area contributed by atoms with Gasteiger partial charge in [-0.25, -0.2) is 0 Å². The van der Waals surface area contributed by atoms with Gasteiger partial charge in [0, 0.05) is 19.3 Å². The molecule has 1 unspecified atom stereocenters. The standard InChI is InChI=1S/C12H22N4S/c1-4-6-8-13-12(17)15-10(3)11-7-9-14-16(11)5-2/h7,9-10H,4-6,8H2,1-3H3,(H2,13,15,17). The molecule has 0 spiro atoms. The number of hydrogen-bond donors (Lipinski definition) is 2. The Labute approximate surface area is 109 Å². The summed E-state index contributed by atoms with van der Waals surface area (Å²) in [5, 5.41) is 11.4. The van der Waals surface area contributed by atoms with Crippen molar-refractivity contribution in [1.29, 1.82) is 0 Å². The number of nitrogens with zero attached hydrogens (tertiary/aromatic N) is 2. The fourth-order valence-corrected chi connectivity index (χ4v) is 1.95. The summed E-state index contributed by atoms with van der Waals surface area (Å²) < 4.78 is 1.98. The van der Waals surface area contributed by atoms with E-state index in [-0.39, 0.29) is 6.04 Å². The van der Waals surface area contributed by atoms with Crippen molar-refractivity contribution in [1.82, 2.24) is 20.4 Å². The van der Waals surface area contributed by atoms with Gasteiger partial charge >= 0.3 is 0 Å². The Balaban J connectivity index is 2.43. The first-order chi connectivity index (χ1) is 8.19. The summed E-state index contributed by atoms with van der Waals surface area (Å²) >= 11 is 5.25.